The molecule has 0 fully saturated rings. The van der Waals surface area contributed by atoms with Crippen molar-refractivity contribution in [3.63, 3.8) is 0 Å². The lowest BCUT2D eigenvalue weighted by atomic mass is 10.3. The zero-order valence-electron chi connectivity index (χ0n) is 14.5. The second-order valence-electron chi connectivity index (χ2n) is 5.78. The number of halogens is 4. The topological polar surface area (TPSA) is 59.8 Å². The molecule has 3 rings (SSSR count). The zero-order chi connectivity index (χ0) is 20.3. The van der Waals surface area contributed by atoms with E-state index in [4.69, 9.17) is 11.6 Å². The number of hydrogen-bond acceptors (Lipinski definition) is 4. The molecule has 0 aliphatic heterocycles. The van der Waals surface area contributed by atoms with E-state index in [9.17, 15) is 18.0 Å². The molecule has 1 amide bonds. The number of thioether (sulfide) groups is 1. The van der Waals surface area contributed by atoms with Gasteiger partial charge in [-0.1, -0.05) is 29.4 Å². The van der Waals surface area contributed by atoms with E-state index in [-0.39, 0.29) is 11.7 Å². The average molecular weight is 427 g/mol. The van der Waals surface area contributed by atoms with E-state index in [1.807, 2.05) is 0 Å². The first kappa shape index (κ1) is 20.2. The van der Waals surface area contributed by atoms with Crippen molar-refractivity contribution in [1.29, 1.82) is 0 Å². The molecule has 0 aliphatic rings. The number of nitrogens with zero attached hydrogens (tertiary/aromatic N) is 3. The van der Waals surface area contributed by atoms with Crippen LogP contribution in [0.25, 0.3) is 5.69 Å². The van der Waals surface area contributed by atoms with Gasteiger partial charge in [-0.05, 0) is 37.3 Å². The fraction of sp³-hybridized carbons (Fsp3) is 0.167. The minimum Gasteiger partial charge on any atom is -0.310 e. The molecule has 2 aromatic heterocycles. The lowest BCUT2D eigenvalue weighted by Crippen LogP contribution is -2.17. The summed E-state index contributed by atoms with van der Waals surface area (Å²) in [5.74, 6) is 0.110. The number of aryl methyl sites for hydroxylation is 1. The molecule has 1 aromatic carbocycles. The monoisotopic (exact) mass is 426 g/mol. The fourth-order valence-corrected chi connectivity index (χ4v) is 3.17. The highest BCUT2D eigenvalue weighted by Crippen LogP contribution is 2.29. The highest BCUT2D eigenvalue weighted by molar-refractivity contribution is 7.99. The summed E-state index contributed by atoms with van der Waals surface area (Å²) in [6, 6.07) is 10.9. The number of hydrogen-bond donors (Lipinski definition) is 1. The Kier molecular flexibility index (Phi) is 5.95. The minimum atomic E-state index is -4.44. The van der Waals surface area contributed by atoms with E-state index in [1.54, 1.807) is 41.9 Å². The van der Waals surface area contributed by atoms with Crippen LogP contribution in [0, 0.1) is 6.92 Å². The van der Waals surface area contributed by atoms with Gasteiger partial charge in [0.2, 0.25) is 5.91 Å². The lowest BCUT2D eigenvalue weighted by molar-refractivity contribution is -0.137. The van der Waals surface area contributed by atoms with Crippen LogP contribution >= 0.6 is 23.4 Å². The smallest absolute Gasteiger partial charge is 0.310 e. The molecule has 5 nitrogen and oxygen atoms in total. The van der Waals surface area contributed by atoms with Crippen LogP contribution in [-0.4, -0.2) is 26.4 Å². The van der Waals surface area contributed by atoms with Crippen molar-refractivity contribution in [2.75, 3.05) is 11.1 Å². The van der Waals surface area contributed by atoms with Crippen LogP contribution in [0.5, 0.6) is 0 Å². The summed E-state index contributed by atoms with van der Waals surface area (Å²) in [6.45, 7) is 1.79. The highest BCUT2D eigenvalue weighted by atomic mass is 35.5. The van der Waals surface area contributed by atoms with Crippen molar-refractivity contribution >= 4 is 35.1 Å². The van der Waals surface area contributed by atoms with Gasteiger partial charge >= 0.3 is 6.18 Å². The van der Waals surface area contributed by atoms with E-state index < -0.39 is 11.7 Å². The number of anilines is 1. The van der Waals surface area contributed by atoms with Gasteiger partial charge in [0, 0.05) is 17.3 Å². The summed E-state index contributed by atoms with van der Waals surface area (Å²) in [5, 5.41) is 7.94. The van der Waals surface area contributed by atoms with Crippen molar-refractivity contribution in [2.45, 2.75) is 18.1 Å². The van der Waals surface area contributed by atoms with E-state index in [1.165, 1.54) is 6.07 Å². The third-order valence-electron chi connectivity index (χ3n) is 3.57. The molecule has 0 unspecified atom stereocenters. The van der Waals surface area contributed by atoms with Gasteiger partial charge in [0.15, 0.2) is 0 Å². The number of rotatable bonds is 5. The second-order valence-corrected chi connectivity index (χ2v) is 7.21. The molecular formula is C18H14ClF3N4OS. The predicted octanol–water partition coefficient (Wildman–Crippen LogP) is 4.98. The third kappa shape index (κ3) is 5.05. The Hall–Kier alpha value is -2.52. The van der Waals surface area contributed by atoms with Gasteiger partial charge in [-0.2, -0.15) is 18.3 Å². The van der Waals surface area contributed by atoms with Crippen LogP contribution in [-0.2, 0) is 11.0 Å². The number of alkyl halides is 3. The summed E-state index contributed by atoms with van der Waals surface area (Å²) in [7, 11) is 0. The largest absolute Gasteiger partial charge is 0.417 e. The Bertz CT molecular complexity index is 989. The quantitative estimate of drug-likeness (QED) is 0.584. The SMILES string of the molecule is Cc1cc(NC(=O)CSc2ccc(C(F)(F)F)cn2)n(-c2cccc(Cl)c2)n1. The summed E-state index contributed by atoms with van der Waals surface area (Å²) in [5.41, 5.74) is 0.558. The van der Waals surface area contributed by atoms with Crippen LogP contribution in [0.3, 0.4) is 0 Å². The van der Waals surface area contributed by atoms with Gasteiger partial charge in [0.05, 0.1) is 27.7 Å². The number of aromatic nitrogens is 3. The van der Waals surface area contributed by atoms with Gasteiger partial charge < -0.3 is 5.32 Å². The van der Waals surface area contributed by atoms with Gasteiger partial charge in [0.25, 0.3) is 0 Å². The maximum absolute atomic E-state index is 12.6. The Morgan fingerprint density at radius 1 is 1.25 bits per heavy atom. The molecule has 1 N–H and O–H groups in total. The normalized spacial score (nSPS) is 11.5. The number of pyridine rings is 1. The summed E-state index contributed by atoms with van der Waals surface area (Å²) in [4.78, 5) is 16.0. The zero-order valence-corrected chi connectivity index (χ0v) is 16.1. The third-order valence-corrected chi connectivity index (χ3v) is 4.75. The van der Waals surface area contributed by atoms with Crippen molar-refractivity contribution < 1.29 is 18.0 Å². The number of carbonyl (C=O) groups excluding carboxylic acids is 1. The molecule has 0 atom stereocenters. The van der Waals surface area contributed by atoms with Crippen LogP contribution in [0.4, 0.5) is 19.0 Å². The first-order chi connectivity index (χ1) is 13.2. The van der Waals surface area contributed by atoms with Gasteiger partial charge in [-0.25, -0.2) is 9.67 Å². The molecule has 0 saturated carbocycles. The van der Waals surface area contributed by atoms with E-state index in [2.05, 4.69) is 15.4 Å². The molecule has 28 heavy (non-hydrogen) atoms. The number of carbonyl (C=O) groups is 1. The molecule has 0 bridgehead atoms. The molecule has 0 radical (unpaired) electrons. The Morgan fingerprint density at radius 2 is 2.04 bits per heavy atom. The molecule has 3 aromatic rings. The Labute approximate surface area is 167 Å². The number of benzene rings is 1. The van der Waals surface area contributed by atoms with Gasteiger partial charge in [-0.15, -0.1) is 0 Å². The molecular weight excluding hydrogens is 413 g/mol. The highest BCUT2D eigenvalue weighted by Gasteiger charge is 2.30. The van der Waals surface area contributed by atoms with Crippen LogP contribution in [0.2, 0.25) is 5.02 Å². The van der Waals surface area contributed by atoms with Crippen molar-refractivity contribution in [3.8, 4) is 5.69 Å². The Balaban J connectivity index is 1.66. The van der Waals surface area contributed by atoms with Crippen molar-refractivity contribution in [2.24, 2.45) is 0 Å². The molecule has 10 heteroatoms. The Morgan fingerprint density at radius 3 is 2.68 bits per heavy atom. The van der Waals surface area contributed by atoms with Crippen molar-refractivity contribution in [3.05, 3.63) is 64.9 Å². The molecule has 2 heterocycles. The number of nitrogens with one attached hydrogen (secondary N) is 1. The van der Waals surface area contributed by atoms with Crippen LogP contribution < -0.4 is 5.32 Å². The molecule has 146 valence electrons. The number of amides is 1. The van der Waals surface area contributed by atoms with Crippen molar-refractivity contribution in [1.82, 2.24) is 14.8 Å². The van der Waals surface area contributed by atoms with Gasteiger partial charge in [-0.3, -0.25) is 4.79 Å². The predicted molar refractivity (Wildman–Crippen MR) is 102 cm³/mol. The maximum Gasteiger partial charge on any atom is 0.417 e. The first-order valence-electron chi connectivity index (χ1n) is 8.01. The van der Waals surface area contributed by atoms with E-state index in [0.717, 1.165) is 24.0 Å². The van der Waals surface area contributed by atoms with E-state index in [0.29, 0.717) is 27.2 Å². The average Bonchev–Trinajstić information content (AvgIpc) is 3.00. The van der Waals surface area contributed by atoms with E-state index >= 15 is 0 Å². The van der Waals surface area contributed by atoms with Crippen LogP contribution in [0.1, 0.15) is 11.3 Å². The summed E-state index contributed by atoms with van der Waals surface area (Å²) >= 11 is 7.04. The maximum atomic E-state index is 12.6. The molecule has 0 saturated heterocycles. The first-order valence-corrected chi connectivity index (χ1v) is 9.37. The fourth-order valence-electron chi connectivity index (χ4n) is 2.34. The standard InChI is InChI=1S/C18H14ClF3N4OS/c1-11-7-15(26(25-11)14-4-2-3-13(19)8-14)24-16(27)10-28-17-6-5-12(9-23-17)18(20,21)22/h2-9H,10H2,1H3,(H,24,27). The second kappa shape index (κ2) is 8.24. The lowest BCUT2D eigenvalue weighted by Gasteiger charge is -2.09. The minimum absolute atomic E-state index is 0.0157. The summed E-state index contributed by atoms with van der Waals surface area (Å²) < 4.78 is 39.2. The van der Waals surface area contributed by atoms with Gasteiger partial charge in [0.1, 0.15) is 5.82 Å². The van der Waals surface area contributed by atoms with Crippen LogP contribution in [0.15, 0.2) is 53.7 Å². The molecule has 0 aliphatic carbocycles. The summed E-state index contributed by atoms with van der Waals surface area (Å²) in [6.07, 6.45) is -3.69. The molecule has 0 spiro atoms.